The summed E-state index contributed by atoms with van der Waals surface area (Å²) >= 11 is 0. The van der Waals surface area contributed by atoms with Gasteiger partial charge in [-0.2, -0.15) is 0 Å². The zero-order valence-electron chi connectivity index (χ0n) is 18.3. The fourth-order valence-electron chi connectivity index (χ4n) is 4.12. The standard InChI is InChI=1S/C27H25NO4/c1-4-32-21-13-8-11-19(16-21)25(29)23-24(22-14-6-5-10-18(22)3)28(27(31)26(23)30)20-12-7-9-17(2)15-20/h5-16,24,29H,4H2,1-3H3/b25-23+. The highest BCUT2D eigenvalue weighted by atomic mass is 16.5. The van der Waals surface area contributed by atoms with Crippen LogP contribution < -0.4 is 9.64 Å². The Hall–Kier alpha value is -3.86. The van der Waals surface area contributed by atoms with E-state index in [1.165, 1.54) is 4.90 Å². The topological polar surface area (TPSA) is 66.8 Å². The van der Waals surface area contributed by atoms with E-state index < -0.39 is 17.7 Å². The van der Waals surface area contributed by atoms with Crippen LogP contribution in [0.3, 0.4) is 0 Å². The third kappa shape index (κ3) is 3.78. The van der Waals surface area contributed by atoms with E-state index >= 15 is 0 Å². The second-order valence-electron chi connectivity index (χ2n) is 7.83. The average Bonchev–Trinajstić information content (AvgIpc) is 3.04. The summed E-state index contributed by atoms with van der Waals surface area (Å²) in [6.45, 7) is 6.22. The number of hydrogen-bond acceptors (Lipinski definition) is 4. The lowest BCUT2D eigenvalue weighted by Crippen LogP contribution is -2.29. The fraction of sp³-hybridized carbons (Fsp3) is 0.185. The van der Waals surface area contributed by atoms with Crippen LogP contribution in [0.4, 0.5) is 5.69 Å². The number of anilines is 1. The molecule has 1 heterocycles. The van der Waals surface area contributed by atoms with Crippen molar-refractivity contribution in [3.8, 4) is 5.75 Å². The molecule has 0 bridgehead atoms. The summed E-state index contributed by atoms with van der Waals surface area (Å²) in [5.41, 5.74) is 3.79. The monoisotopic (exact) mass is 427 g/mol. The lowest BCUT2D eigenvalue weighted by atomic mass is 9.92. The van der Waals surface area contributed by atoms with Crippen LogP contribution in [0.25, 0.3) is 5.76 Å². The molecule has 1 unspecified atom stereocenters. The maximum atomic E-state index is 13.3. The summed E-state index contributed by atoms with van der Waals surface area (Å²) in [6.07, 6.45) is 0. The first kappa shape index (κ1) is 21.4. The summed E-state index contributed by atoms with van der Waals surface area (Å²) in [5, 5.41) is 11.3. The molecular formula is C27H25NO4. The average molecular weight is 428 g/mol. The Labute approximate surface area is 187 Å². The zero-order valence-corrected chi connectivity index (χ0v) is 18.3. The van der Waals surface area contributed by atoms with Gasteiger partial charge in [-0.3, -0.25) is 14.5 Å². The number of aliphatic hydroxyl groups excluding tert-OH is 1. The van der Waals surface area contributed by atoms with Crippen LogP contribution in [0.2, 0.25) is 0 Å². The van der Waals surface area contributed by atoms with Crippen molar-refractivity contribution >= 4 is 23.1 Å². The van der Waals surface area contributed by atoms with Crippen molar-refractivity contribution in [3.05, 3.63) is 101 Å². The van der Waals surface area contributed by atoms with Crippen molar-refractivity contribution in [2.24, 2.45) is 0 Å². The number of benzene rings is 3. The molecule has 0 radical (unpaired) electrons. The van der Waals surface area contributed by atoms with Gasteiger partial charge in [0.25, 0.3) is 11.7 Å². The van der Waals surface area contributed by atoms with Gasteiger partial charge >= 0.3 is 0 Å². The first-order valence-electron chi connectivity index (χ1n) is 10.6. The van der Waals surface area contributed by atoms with Crippen LogP contribution in [0.15, 0.2) is 78.4 Å². The summed E-state index contributed by atoms with van der Waals surface area (Å²) in [7, 11) is 0. The van der Waals surface area contributed by atoms with Crippen LogP contribution in [0, 0.1) is 13.8 Å². The van der Waals surface area contributed by atoms with Gasteiger partial charge in [-0.15, -0.1) is 0 Å². The van der Waals surface area contributed by atoms with E-state index in [0.29, 0.717) is 23.6 Å². The minimum absolute atomic E-state index is 0.0689. The number of amides is 1. The molecule has 5 heteroatoms. The van der Waals surface area contributed by atoms with Crippen molar-refractivity contribution in [2.75, 3.05) is 11.5 Å². The molecule has 1 atom stereocenters. The highest BCUT2D eigenvalue weighted by molar-refractivity contribution is 6.51. The van der Waals surface area contributed by atoms with Crippen molar-refractivity contribution < 1.29 is 19.4 Å². The highest BCUT2D eigenvalue weighted by Gasteiger charge is 2.47. The molecule has 1 aliphatic heterocycles. The van der Waals surface area contributed by atoms with Crippen LogP contribution in [-0.4, -0.2) is 23.4 Å². The smallest absolute Gasteiger partial charge is 0.300 e. The van der Waals surface area contributed by atoms with Crippen molar-refractivity contribution in [1.82, 2.24) is 0 Å². The summed E-state index contributed by atoms with van der Waals surface area (Å²) < 4.78 is 5.55. The first-order chi connectivity index (χ1) is 15.4. The number of ketones is 1. The van der Waals surface area contributed by atoms with Crippen LogP contribution in [0.1, 0.15) is 35.2 Å². The second kappa shape index (κ2) is 8.71. The quantitative estimate of drug-likeness (QED) is 0.340. The lowest BCUT2D eigenvalue weighted by molar-refractivity contribution is -0.132. The van der Waals surface area contributed by atoms with Gasteiger partial charge in [0.05, 0.1) is 18.2 Å². The third-order valence-corrected chi connectivity index (χ3v) is 5.63. The number of Topliss-reactive ketones (excluding diaryl/α,β-unsaturated/α-hetero) is 1. The molecule has 5 nitrogen and oxygen atoms in total. The lowest BCUT2D eigenvalue weighted by Gasteiger charge is -2.27. The second-order valence-corrected chi connectivity index (χ2v) is 7.83. The van der Waals surface area contributed by atoms with Gasteiger partial charge in [-0.05, 0) is 61.7 Å². The number of rotatable bonds is 5. The molecule has 4 rings (SSSR count). The highest BCUT2D eigenvalue weighted by Crippen LogP contribution is 2.43. The number of hydrogen-bond donors (Lipinski definition) is 1. The molecule has 3 aromatic rings. The molecular weight excluding hydrogens is 402 g/mol. The Balaban J connectivity index is 1.95. The van der Waals surface area contributed by atoms with Gasteiger partial charge in [0, 0.05) is 11.3 Å². The maximum absolute atomic E-state index is 13.3. The maximum Gasteiger partial charge on any atom is 0.300 e. The number of ether oxygens (including phenoxy) is 1. The van der Waals surface area contributed by atoms with E-state index in [1.807, 2.05) is 63.2 Å². The van der Waals surface area contributed by atoms with Crippen molar-refractivity contribution in [3.63, 3.8) is 0 Å². The van der Waals surface area contributed by atoms with E-state index in [2.05, 4.69) is 0 Å². The molecule has 0 aliphatic carbocycles. The summed E-state index contributed by atoms with van der Waals surface area (Å²) in [6, 6.07) is 21.2. The Morgan fingerprint density at radius 2 is 1.72 bits per heavy atom. The number of carbonyl (C=O) groups is 2. The molecule has 32 heavy (non-hydrogen) atoms. The molecule has 1 N–H and O–H groups in total. The van der Waals surface area contributed by atoms with Gasteiger partial charge < -0.3 is 9.84 Å². The molecule has 0 aromatic heterocycles. The van der Waals surface area contributed by atoms with Crippen LogP contribution in [0.5, 0.6) is 5.75 Å². The van der Waals surface area contributed by atoms with Gasteiger partial charge in [0.1, 0.15) is 11.5 Å². The minimum Gasteiger partial charge on any atom is -0.507 e. The Morgan fingerprint density at radius 3 is 2.44 bits per heavy atom. The first-order valence-corrected chi connectivity index (χ1v) is 10.6. The van der Waals surface area contributed by atoms with Gasteiger partial charge in [0.15, 0.2) is 0 Å². The van der Waals surface area contributed by atoms with Gasteiger partial charge in [-0.1, -0.05) is 48.5 Å². The number of aliphatic hydroxyl groups is 1. The van der Waals surface area contributed by atoms with E-state index in [1.54, 1.807) is 30.3 Å². The molecule has 162 valence electrons. The van der Waals surface area contributed by atoms with E-state index in [-0.39, 0.29) is 11.3 Å². The third-order valence-electron chi connectivity index (χ3n) is 5.63. The number of nitrogens with zero attached hydrogens (tertiary/aromatic N) is 1. The Morgan fingerprint density at radius 1 is 0.969 bits per heavy atom. The fourth-order valence-corrected chi connectivity index (χ4v) is 4.12. The Kier molecular flexibility index (Phi) is 5.82. The SMILES string of the molecule is CCOc1cccc(/C(O)=C2\C(=O)C(=O)N(c3cccc(C)c3)C2c2ccccc2C)c1. The molecule has 1 saturated heterocycles. The molecule has 1 aliphatic rings. The Bertz CT molecular complexity index is 1230. The number of aryl methyl sites for hydroxylation is 2. The normalized spacial score (nSPS) is 17.6. The van der Waals surface area contributed by atoms with Gasteiger partial charge in [0.2, 0.25) is 0 Å². The summed E-state index contributed by atoms with van der Waals surface area (Å²) in [5.74, 6) is -1.00. The largest absolute Gasteiger partial charge is 0.507 e. The van der Waals surface area contributed by atoms with Crippen molar-refractivity contribution in [1.29, 1.82) is 0 Å². The minimum atomic E-state index is -0.742. The molecule has 1 amide bonds. The predicted octanol–water partition coefficient (Wildman–Crippen LogP) is 5.33. The van der Waals surface area contributed by atoms with E-state index in [9.17, 15) is 14.7 Å². The number of carbonyl (C=O) groups excluding carboxylic acids is 2. The van der Waals surface area contributed by atoms with Crippen LogP contribution in [-0.2, 0) is 9.59 Å². The molecule has 0 spiro atoms. The zero-order chi connectivity index (χ0) is 22.8. The summed E-state index contributed by atoms with van der Waals surface area (Å²) in [4.78, 5) is 28.0. The van der Waals surface area contributed by atoms with E-state index in [0.717, 1.165) is 16.7 Å². The molecule has 0 saturated carbocycles. The van der Waals surface area contributed by atoms with Crippen LogP contribution >= 0.6 is 0 Å². The molecule has 1 fully saturated rings. The molecule has 3 aromatic carbocycles. The van der Waals surface area contributed by atoms with E-state index in [4.69, 9.17) is 4.74 Å². The predicted molar refractivity (Wildman–Crippen MR) is 125 cm³/mol. The van der Waals surface area contributed by atoms with Crippen molar-refractivity contribution in [2.45, 2.75) is 26.8 Å². The van der Waals surface area contributed by atoms with Gasteiger partial charge in [-0.25, -0.2) is 0 Å².